The quantitative estimate of drug-likeness (QED) is 0.301. The number of hydrogen-bond acceptors (Lipinski definition) is 6. The second kappa shape index (κ2) is 14.1. The van der Waals surface area contributed by atoms with E-state index in [1.54, 1.807) is 31.2 Å². The minimum atomic E-state index is -1.48. The molecule has 1 saturated heterocycles. The van der Waals surface area contributed by atoms with Crippen molar-refractivity contribution in [2.45, 2.75) is 45.4 Å². The SMILES string of the molecule is CC(=O)O.CCOC(C(=O)NCc1ccc(C(=N)N)cc1)c1c(F)ccc(OC2CCOCC2)c1F. The highest BCUT2D eigenvalue weighted by Crippen LogP contribution is 2.32. The lowest BCUT2D eigenvalue weighted by atomic mass is 10.1. The average Bonchev–Trinajstić information content (AvgIpc) is 2.84. The minimum absolute atomic E-state index is 0.0641. The summed E-state index contributed by atoms with van der Waals surface area (Å²) >= 11 is 0. The van der Waals surface area contributed by atoms with E-state index in [0.29, 0.717) is 31.6 Å². The summed E-state index contributed by atoms with van der Waals surface area (Å²) in [6.45, 7) is 3.94. The molecule has 0 aliphatic carbocycles. The number of ether oxygens (including phenoxy) is 3. The first-order chi connectivity index (χ1) is 17.1. The third-order valence-corrected chi connectivity index (χ3v) is 5.12. The lowest BCUT2D eigenvalue weighted by Gasteiger charge is -2.25. The number of carboxylic acids is 1. The highest BCUT2D eigenvalue weighted by molar-refractivity contribution is 5.94. The number of nitrogen functional groups attached to an aromatic ring is 1. The summed E-state index contributed by atoms with van der Waals surface area (Å²) in [6, 6.07) is 9.01. The number of hydrogen-bond donors (Lipinski definition) is 4. The summed E-state index contributed by atoms with van der Waals surface area (Å²) in [7, 11) is 0. The van der Waals surface area contributed by atoms with Gasteiger partial charge in [0, 0.05) is 38.5 Å². The van der Waals surface area contributed by atoms with Gasteiger partial charge in [0.2, 0.25) is 0 Å². The van der Waals surface area contributed by atoms with Crippen LogP contribution in [-0.4, -0.2) is 48.7 Å². The predicted molar refractivity (Wildman–Crippen MR) is 128 cm³/mol. The van der Waals surface area contributed by atoms with E-state index in [1.807, 2.05) is 0 Å². The number of nitrogens with two attached hydrogens (primary N) is 1. The molecular weight excluding hydrogens is 476 g/mol. The molecule has 36 heavy (non-hydrogen) atoms. The van der Waals surface area contributed by atoms with Gasteiger partial charge in [-0.05, 0) is 24.6 Å². The predicted octanol–water partition coefficient (Wildman–Crippen LogP) is 3.29. The van der Waals surface area contributed by atoms with Gasteiger partial charge in [0.25, 0.3) is 11.9 Å². The zero-order valence-corrected chi connectivity index (χ0v) is 20.2. The Balaban J connectivity index is 0.00000106. The van der Waals surface area contributed by atoms with Gasteiger partial charge in [0.15, 0.2) is 17.7 Å². The monoisotopic (exact) mass is 507 g/mol. The molecule has 1 aliphatic heterocycles. The van der Waals surface area contributed by atoms with E-state index < -0.39 is 35.2 Å². The fraction of sp³-hybridized carbons (Fsp3) is 0.400. The van der Waals surface area contributed by atoms with Crippen molar-refractivity contribution in [3.63, 3.8) is 0 Å². The summed E-state index contributed by atoms with van der Waals surface area (Å²) in [5, 5.41) is 17.5. The van der Waals surface area contributed by atoms with Crippen molar-refractivity contribution in [1.82, 2.24) is 5.32 Å². The summed E-state index contributed by atoms with van der Waals surface area (Å²) in [5.41, 5.74) is 6.23. The lowest BCUT2D eigenvalue weighted by Crippen LogP contribution is -2.32. The maximum Gasteiger partial charge on any atom is 0.300 e. The molecule has 5 N–H and O–H groups in total. The summed E-state index contributed by atoms with van der Waals surface area (Å²) in [4.78, 5) is 21.8. The van der Waals surface area contributed by atoms with Crippen LogP contribution in [0.1, 0.15) is 49.5 Å². The number of carboxylic acid groups (broad SMARTS) is 1. The number of carbonyl (C=O) groups excluding carboxylic acids is 1. The van der Waals surface area contributed by atoms with Crippen LogP contribution >= 0.6 is 0 Å². The minimum Gasteiger partial charge on any atom is -0.487 e. The number of nitrogens with one attached hydrogen (secondary N) is 2. The van der Waals surface area contributed by atoms with Crippen molar-refractivity contribution in [3.8, 4) is 5.75 Å². The third-order valence-electron chi connectivity index (χ3n) is 5.12. The van der Waals surface area contributed by atoms with Crippen LogP contribution in [0.5, 0.6) is 5.75 Å². The first-order valence-electron chi connectivity index (χ1n) is 11.4. The number of amides is 1. The molecule has 3 rings (SSSR count). The number of halogens is 2. The van der Waals surface area contributed by atoms with E-state index >= 15 is 4.39 Å². The number of carbonyl (C=O) groups is 2. The number of rotatable bonds is 9. The molecule has 9 nitrogen and oxygen atoms in total. The van der Waals surface area contributed by atoms with Crippen LogP contribution in [0.4, 0.5) is 8.78 Å². The number of aliphatic carboxylic acids is 1. The fourth-order valence-corrected chi connectivity index (χ4v) is 3.39. The summed E-state index contributed by atoms with van der Waals surface area (Å²) < 4.78 is 46.2. The molecule has 1 atom stereocenters. The highest BCUT2D eigenvalue weighted by Gasteiger charge is 2.30. The van der Waals surface area contributed by atoms with Crippen LogP contribution < -0.4 is 15.8 Å². The molecule has 1 heterocycles. The van der Waals surface area contributed by atoms with Gasteiger partial charge in [0.05, 0.1) is 18.8 Å². The van der Waals surface area contributed by atoms with Crippen LogP contribution in [0.15, 0.2) is 36.4 Å². The van der Waals surface area contributed by atoms with E-state index in [1.165, 1.54) is 6.07 Å². The topological polar surface area (TPSA) is 144 Å². The lowest BCUT2D eigenvalue weighted by molar-refractivity contribution is -0.134. The molecule has 2 aromatic rings. The van der Waals surface area contributed by atoms with Crippen LogP contribution in [0.3, 0.4) is 0 Å². The Hall–Kier alpha value is -3.57. The Labute approximate surface area is 208 Å². The molecule has 1 fully saturated rings. The van der Waals surface area contributed by atoms with Crippen molar-refractivity contribution >= 4 is 17.7 Å². The zero-order chi connectivity index (χ0) is 26.7. The Morgan fingerprint density at radius 2 is 1.81 bits per heavy atom. The molecule has 0 spiro atoms. The second-order valence-corrected chi connectivity index (χ2v) is 7.89. The van der Waals surface area contributed by atoms with Crippen molar-refractivity contribution in [2.75, 3.05) is 19.8 Å². The van der Waals surface area contributed by atoms with Crippen molar-refractivity contribution in [2.24, 2.45) is 5.73 Å². The van der Waals surface area contributed by atoms with Gasteiger partial charge in [-0.1, -0.05) is 24.3 Å². The Morgan fingerprint density at radius 1 is 1.19 bits per heavy atom. The Bertz CT molecular complexity index is 1040. The highest BCUT2D eigenvalue weighted by atomic mass is 19.1. The standard InChI is InChI=1S/C23H27F2N3O4.C2H4O2/c1-2-31-21(23(29)28-13-14-3-5-15(6-4-14)22(26)27)19-17(24)7-8-18(20(19)25)32-16-9-11-30-12-10-16;1-2(3)4/h3-8,16,21H,2,9-13H2,1H3,(H3,26,27)(H,28,29);1H3,(H,3,4). The fourth-order valence-electron chi connectivity index (χ4n) is 3.39. The normalized spacial score (nSPS) is 14.2. The molecule has 11 heteroatoms. The van der Waals surface area contributed by atoms with Crippen LogP contribution in [0.25, 0.3) is 0 Å². The third kappa shape index (κ3) is 8.58. The van der Waals surface area contributed by atoms with Crippen molar-refractivity contribution in [1.29, 1.82) is 5.41 Å². The van der Waals surface area contributed by atoms with Gasteiger partial charge in [0.1, 0.15) is 17.8 Å². The van der Waals surface area contributed by atoms with Crippen molar-refractivity contribution in [3.05, 3.63) is 64.7 Å². The van der Waals surface area contributed by atoms with E-state index in [-0.39, 0.29) is 30.8 Å². The van der Waals surface area contributed by atoms with Gasteiger partial charge in [-0.15, -0.1) is 0 Å². The number of benzene rings is 2. The molecule has 0 radical (unpaired) electrons. The van der Waals surface area contributed by atoms with Crippen molar-refractivity contribution < 1.29 is 37.7 Å². The van der Waals surface area contributed by atoms with Gasteiger partial charge >= 0.3 is 0 Å². The molecule has 0 aromatic heterocycles. The molecule has 196 valence electrons. The summed E-state index contributed by atoms with van der Waals surface area (Å²) in [6.07, 6.45) is -0.517. The molecule has 0 bridgehead atoms. The Morgan fingerprint density at radius 3 is 2.36 bits per heavy atom. The van der Waals surface area contributed by atoms with E-state index in [0.717, 1.165) is 18.6 Å². The maximum absolute atomic E-state index is 15.2. The molecule has 2 aromatic carbocycles. The molecule has 0 saturated carbocycles. The van der Waals surface area contributed by atoms with Crippen LogP contribution in [-0.2, 0) is 25.6 Å². The van der Waals surface area contributed by atoms with Crippen LogP contribution in [0, 0.1) is 17.0 Å². The molecule has 1 unspecified atom stereocenters. The molecule has 1 amide bonds. The van der Waals surface area contributed by atoms with Gasteiger partial charge in [-0.25, -0.2) is 8.78 Å². The zero-order valence-electron chi connectivity index (χ0n) is 20.2. The largest absolute Gasteiger partial charge is 0.487 e. The first kappa shape index (κ1) is 28.7. The number of amidine groups is 1. The summed E-state index contributed by atoms with van der Waals surface area (Å²) in [5.74, 6) is -3.53. The van der Waals surface area contributed by atoms with Crippen LogP contribution in [0.2, 0.25) is 0 Å². The second-order valence-electron chi connectivity index (χ2n) is 7.89. The first-order valence-corrected chi connectivity index (χ1v) is 11.4. The van der Waals surface area contributed by atoms with Gasteiger partial charge in [-0.2, -0.15) is 0 Å². The van der Waals surface area contributed by atoms with Gasteiger partial charge < -0.3 is 30.4 Å². The smallest absolute Gasteiger partial charge is 0.300 e. The van der Waals surface area contributed by atoms with Gasteiger partial charge in [-0.3, -0.25) is 15.0 Å². The van der Waals surface area contributed by atoms with E-state index in [2.05, 4.69) is 5.32 Å². The molecular formula is C25H31F2N3O6. The Kier molecular flexibility index (Phi) is 11.2. The maximum atomic E-state index is 15.2. The molecule has 1 aliphatic rings. The van der Waals surface area contributed by atoms with E-state index in [9.17, 15) is 9.18 Å². The average molecular weight is 508 g/mol. The van der Waals surface area contributed by atoms with E-state index in [4.69, 9.17) is 35.3 Å².